The number of aliphatic hydroxyl groups excluding tert-OH is 2. The molecule has 1 amide bonds. The van der Waals surface area contributed by atoms with Crippen LogP contribution in [0.1, 0.15) is 71.2 Å². The summed E-state index contributed by atoms with van der Waals surface area (Å²) in [6.07, 6.45) is -10.6. The molecule has 4 heterocycles. The minimum atomic E-state index is -5.26. The van der Waals surface area contributed by atoms with E-state index in [4.69, 9.17) is 24.2 Å². The molecule has 2 aromatic carbocycles. The Kier molecular flexibility index (Phi) is 12.5. The number of hydrogen-bond donors (Lipinski definition) is 4. The van der Waals surface area contributed by atoms with Crippen molar-refractivity contribution in [2.24, 2.45) is 0 Å². The standard InChI is InChI=1S/C40H50F3N7O8/c1-38(2,3)57-26-17-25(18-45-37(54)58-39(4,5)6)49(20-26)36-47-32(44-19-27(23-13-9-7-10-14-23)24-15-11-8-12-16-24)29-33(48-36)50(22-46-29)34-31(52)30(51)28(56-34)21-55-35(53)40(41,42)43/h7-16,22,25-28,30-31,34,51-52H,17-21H2,1-6H3,(H,45,54)(H,44,47,48)/t25-,26+,28+,30+,31+,34+/m0/s1. The highest BCUT2D eigenvalue weighted by atomic mass is 19.4. The number of ether oxygens (including phenoxy) is 4. The first-order valence-corrected chi connectivity index (χ1v) is 19.0. The summed E-state index contributed by atoms with van der Waals surface area (Å²) in [5.74, 6) is -2.05. The zero-order chi connectivity index (χ0) is 42.0. The number of aliphatic hydroxyl groups is 2. The van der Waals surface area contributed by atoms with E-state index in [0.29, 0.717) is 25.3 Å². The summed E-state index contributed by atoms with van der Waals surface area (Å²) in [6, 6.07) is 19.5. The van der Waals surface area contributed by atoms with E-state index in [1.54, 1.807) is 20.8 Å². The van der Waals surface area contributed by atoms with Crippen molar-refractivity contribution in [2.45, 2.75) is 108 Å². The number of alkyl halides is 3. The molecule has 0 unspecified atom stereocenters. The first-order valence-electron chi connectivity index (χ1n) is 19.0. The molecule has 0 saturated carbocycles. The van der Waals surface area contributed by atoms with E-state index in [-0.39, 0.29) is 41.7 Å². The Labute approximate surface area is 333 Å². The molecule has 0 spiro atoms. The number of rotatable bonds is 12. The van der Waals surface area contributed by atoms with Gasteiger partial charge >= 0.3 is 18.2 Å². The molecule has 58 heavy (non-hydrogen) atoms. The Hall–Kier alpha value is -5.04. The summed E-state index contributed by atoms with van der Waals surface area (Å²) in [4.78, 5) is 40.6. The van der Waals surface area contributed by atoms with Gasteiger partial charge in [-0.1, -0.05) is 60.7 Å². The van der Waals surface area contributed by atoms with Crippen molar-refractivity contribution >= 4 is 35.0 Å². The highest BCUT2D eigenvalue weighted by Crippen LogP contribution is 2.36. The molecule has 2 aromatic heterocycles. The molecule has 0 aliphatic carbocycles. The van der Waals surface area contributed by atoms with Crippen molar-refractivity contribution in [2.75, 3.05) is 36.5 Å². The average Bonchev–Trinajstić information content (AvgIpc) is 3.83. The van der Waals surface area contributed by atoms with Gasteiger partial charge in [0.1, 0.15) is 30.5 Å². The number of amides is 1. The molecule has 2 saturated heterocycles. The van der Waals surface area contributed by atoms with E-state index in [1.807, 2.05) is 86.3 Å². The summed E-state index contributed by atoms with van der Waals surface area (Å²) in [5.41, 5.74) is 1.30. The van der Waals surface area contributed by atoms with Crippen molar-refractivity contribution in [3.8, 4) is 0 Å². The molecule has 18 heteroatoms. The van der Waals surface area contributed by atoms with E-state index in [2.05, 4.69) is 20.4 Å². The molecular formula is C40H50F3N7O8. The van der Waals surface area contributed by atoms with Gasteiger partial charge in [0, 0.05) is 25.6 Å². The number of imidazole rings is 1. The van der Waals surface area contributed by atoms with Gasteiger partial charge in [-0.2, -0.15) is 23.1 Å². The van der Waals surface area contributed by atoms with Gasteiger partial charge in [0.15, 0.2) is 23.2 Å². The molecule has 314 valence electrons. The van der Waals surface area contributed by atoms with Crippen molar-refractivity contribution in [1.82, 2.24) is 24.8 Å². The Bertz CT molecular complexity index is 1980. The van der Waals surface area contributed by atoms with Crippen LogP contribution < -0.4 is 15.5 Å². The van der Waals surface area contributed by atoms with Crippen LogP contribution in [-0.4, -0.2) is 116 Å². The second-order valence-corrected chi connectivity index (χ2v) is 16.4. The molecule has 6 rings (SSSR count). The van der Waals surface area contributed by atoms with Crippen LogP contribution in [0.15, 0.2) is 67.0 Å². The van der Waals surface area contributed by atoms with Crippen LogP contribution in [-0.2, 0) is 23.7 Å². The van der Waals surface area contributed by atoms with Gasteiger partial charge < -0.3 is 44.7 Å². The number of nitrogens with zero attached hydrogens (tertiary/aromatic N) is 5. The lowest BCUT2D eigenvalue weighted by molar-refractivity contribution is -0.203. The average molecular weight is 814 g/mol. The second kappa shape index (κ2) is 17.1. The quantitative estimate of drug-likeness (QED) is 0.139. The topological polar surface area (TPSA) is 182 Å². The molecule has 2 aliphatic rings. The Morgan fingerprint density at radius 1 is 0.931 bits per heavy atom. The summed E-state index contributed by atoms with van der Waals surface area (Å²) in [7, 11) is 0. The number of esters is 1. The SMILES string of the molecule is CC(C)(C)OC(=O)NC[C@@H]1C[C@@H](OC(C)(C)C)CN1c1nc(NCC(c2ccccc2)c2ccccc2)c2ncn([C@@H]3O[C@H](COC(=O)C(F)(F)F)[C@@H](O)[C@H]3O)c2n1. The fraction of sp³-hybridized carbons (Fsp3) is 0.525. The first kappa shape index (κ1) is 42.6. The van der Waals surface area contributed by atoms with Crippen molar-refractivity contribution < 1.29 is 51.9 Å². The number of fused-ring (bicyclic) bond motifs is 1. The second-order valence-electron chi connectivity index (χ2n) is 16.4. The number of carbonyl (C=O) groups is 2. The number of benzene rings is 2. The molecule has 15 nitrogen and oxygen atoms in total. The first-order chi connectivity index (χ1) is 27.3. The maximum atomic E-state index is 12.9. The molecule has 6 atom stereocenters. The van der Waals surface area contributed by atoms with Crippen LogP contribution in [0.4, 0.5) is 29.7 Å². The van der Waals surface area contributed by atoms with Crippen LogP contribution in [0, 0.1) is 0 Å². The number of halogens is 3. The van der Waals surface area contributed by atoms with Crippen molar-refractivity contribution in [3.63, 3.8) is 0 Å². The Balaban J connectivity index is 1.38. The third-order valence-electron chi connectivity index (χ3n) is 9.54. The number of aromatic nitrogens is 4. The smallest absolute Gasteiger partial charge is 0.456 e. The Morgan fingerprint density at radius 3 is 2.16 bits per heavy atom. The monoisotopic (exact) mass is 813 g/mol. The predicted molar refractivity (Wildman–Crippen MR) is 206 cm³/mol. The van der Waals surface area contributed by atoms with E-state index in [0.717, 1.165) is 11.1 Å². The number of hydrogen-bond acceptors (Lipinski definition) is 13. The number of carbonyl (C=O) groups excluding carboxylic acids is 2. The molecule has 2 aliphatic heterocycles. The van der Waals surface area contributed by atoms with Crippen LogP contribution in [0.2, 0.25) is 0 Å². The molecule has 0 bridgehead atoms. The minimum Gasteiger partial charge on any atom is -0.456 e. The summed E-state index contributed by atoms with van der Waals surface area (Å²) in [5, 5.41) is 28.3. The van der Waals surface area contributed by atoms with E-state index in [9.17, 15) is 33.0 Å². The normalized spacial score (nSPS) is 22.7. The molecule has 4 aromatic rings. The lowest BCUT2D eigenvalue weighted by Gasteiger charge is -2.27. The van der Waals surface area contributed by atoms with E-state index >= 15 is 0 Å². The van der Waals surface area contributed by atoms with Gasteiger partial charge in [0.2, 0.25) is 5.95 Å². The van der Waals surface area contributed by atoms with Crippen molar-refractivity contribution in [3.05, 3.63) is 78.1 Å². The summed E-state index contributed by atoms with van der Waals surface area (Å²) < 4.78 is 62.0. The molecule has 2 fully saturated rings. The van der Waals surface area contributed by atoms with Gasteiger partial charge in [0.05, 0.1) is 24.1 Å². The largest absolute Gasteiger partial charge is 0.490 e. The highest BCUT2D eigenvalue weighted by molar-refractivity contribution is 5.84. The fourth-order valence-corrected chi connectivity index (χ4v) is 7.09. The van der Waals surface area contributed by atoms with Crippen LogP contribution >= 0.6 is 0 Å². The van der Waals surface area contributed by atoms with Gasteiger partial charge in [-0.05, 0) is 59.1 Å². The van der Waals surface area contributed by atoms with Gasteiger partial charge in [0.25, 0.3) is 0 Å². The molecule has 4 N–H and O–H groups in total. The highest BCUT2D eigenvalue weighted by Gasteiger charge is 2.47. The lowest BCUT2D eigenvalue weighted by atomic mass is 9.91. The number of anilines is 2. The number of alkyl carbamates (subject to hydrolysis) is 1. The third-order valence-corrected chi connectivity index (χ3v) is 9.54. The summed E-state index contributed by atoms with van der Waals surface area (Å²) >= 11 is 0. The van der Waals surface area contributed by atoms with Crippen LogP contribution in [0.3, 0.4) is 0 Å². The maximum absolute atomic E-state index is 12.9. The predicted octanol–water partition coefficient (Wildman–Crippen LogP) is 5.08. The van der Waals surface area contributed by atoms with Crippen LogP contribution in [0.25, 0.3) is 11.2 Å². The van der Waals surface area contributed by atoms with Gasteiger partial charge in [-0.3, -0.25) is 4.57 Å². The zero-order valence-electron chi connectivity index (χ0n) is 33.1. The Morgan fingerprint density at radius 2 is 1.57 bits per heavy atom. The lowest BCUT2D eigenvalue weighted by Crippen LogP contribution is -2.42. The van der Waals surface area contributed by atoms with E-state index in [1.165, 1.54) is 10.9 Å². The number of nitrogens with one attached hydrogen (secondary N) is 2. The van der Waals surface area contributed by atoms with Gasteiger partial charge in [-0.15, -0.1) is 0 Å². The minimum absolute atomic E-state index is 0.129. The van der Waals surface area contributed by atoms with Crippen molar-refractivity contribution in [1.29, 1.82) is 0 Å². The fourth-order valence-electron chi connectivity index (χ4n) is 7.09. The maximum Gasteiger partial charge on any atom is 0.490 e. The van der Waals surface area contributed by atoms with Gasteiger partial charge in [-0.25, -0.2) is 14.6 Å². The molecule has 0 radical (unpaired) electrons. The zero-order valence-corrected chi connectivity index (χ0v) is 33.1. The van der Waals surface area contributed by atoms with E-state index < -0.39 is 60.6 Å². The molecular weight excluding hydrogens is 763 g/mol. The van der Waals surface area contributed by atoms with Crippen LogP contribution in [0.5, 0.6) is 0 Å². The third kappa shape index (κ3) is 10.3. The summed E-state index contributed by atoms with van der Waals surface area (Å²) in [6.45, 7) is 11.0.